The standard InChI is InChI=1S/C26H23ClF3N5O2SSe/c1-39-24(31)32-25(34-38(36,37)21-13-9-19(10-14-21)26(28,29)30)35-16-15-22(17-5-3-2-4-6-17)23(33-35)18-7-11-20(27)12-8-18/h2-14,22H,15-16H2,1H3,(H2,31,32,34). The molecular formula is C26H23ClF3N5O2SSe. The molecule has 0 saturated heterocycles. The molecule has 0 bridgehead atoms. The quantitative estimate of drug-likeness (QED) is 0.230. The van der Waals surface area contributed by atoms with Crippen LogP contribution < -0.4 is 5.73 Å². The molecule has 0 saturated carbocycles. The molecule has 1 unspecified atom stereocenters. The fraction of sp³-hybridized carbons (Fsp3) is 0.192. The summed E-state index contributed by atoms with van der Waals surface area (Å²) in [5.41, 5.74) is 7.46. The normalized spacial score (nSPS) is 17.2. The van der Waals surface area contributed by atoms with Gasteiger partial charge in [-0.1, -0.05) is 0 Å². The van der Waals surface area contributed by atoms with Crippen molar-refractivity contribution in [2.24, 2.45) is 20.2 Å². The van der Waals surface area contributed by atoms with Crippen LogP contribution in [0.4, 0.5) is 13.2 Å². The van der Waals surface area contributed by atoms with E-state index in [-0.39, 0.29) is 38.1 Å². The average Bonchev–Trinajstić information content (AvgIpc) is 2.92. The molecule has 39 heavy (non-hydrogen) atoms. The topological polar surface area (TPSA) is 100 Å². The first kappa shape index (κ1) is 28.8. The second-order valence-electron chi connectivity index (χ2n) is 8.41. The van der Waals surface area contributed by atoms with Crippen LogP contribution in [0.3, 0.4) is 0 Å². The number of hydrogen-bond acceptors (Lipinski definition) is 3. The Morgan fingerprint density at radius 2 is 1.69 bits per heavy atom. The molecule has 4 rings (SSSR count). The van der Waals surface area contributed by atoms with E-state index >= 15 is 0 Å². The third-order valence-corrected chi connectivity index (χ3v) is 8.45. The summed E-state index contributed by atoms with van der Waals surface area (Å²) in [5.74, 6) is 1.43. The second kappa shape index (κ2) is 11.9. The molecule has 2 N–H and O–H groups in total. The predicted octanol–water partition coefficient (Wildman–Crippen LogP) is 5.36. The Labute approximate surface area is 235 Å². The Bertz CT molecular complexity index is 1510. The molecule has 0 amide bonds. The number of nitrogens with zero attached hydrogens (tertiary/aromatic N) is 4. The van der Waals surface area contributed by atoms with E-state index in [0.717, 1.165) is 23.3 Å². The second-order valence-corrected chi connectivity index (χ2v) is 12.2. The summed E-state index contributed by atoms with van der Waals surface area (Å²) in [7, 11) is -4.44. The Hall–Kier alpha value is -3.18. The molecule has 0 radical (unpaired) electrons. The maximum atomic E-state index is 13.1. The maximum absolute atomic E-state index is 13.1. The van der Waals surface area contributed by atoms with Crippen LogP contribution in [0.2, 0.25) is 10.8 Å². The Morgan fingerprint density at radius 3 is 2.28 bits per heavy atom. The van der Waals surface area contributed by atoms with Crippen molar-refractivity contribution in [2.45, 2.75) is 29.2 Å². The van der Waals surface area contributed by atoms with E-state index in [9.17, 15) is 21.6 Å². The van der Waals surface area contributed by atoms with Gasteiger partial charge in [-0.25, -0.2) is 0 Å². The zero-order chi connectivity index (χ0) is 28.2. The number of halogens is 4. The molecule has 0 spiro atoms. The fourth-order valence-electron chi connectivity index (χ4n) is 3.92. The number of amidine groups is 1. The molecule has 0 aromatic heterocycles. The molecule has 204 valence electrons. The van der Waals surface area contributed by atoms with Gasteiger partial charge >= 0.3 is 236 Å². The number of benzene rings is 3. The van der Waals surface area contributed by atoms with E-state index in [4.69, 9.17) is 22.4 Å². The van der Waals surface area contributed by atoms with Crippen molar-refractivity contribution in [3.05, 3.63) is 101 Å². The number of guanidine groups is 1. The molecule has 1 heterocycles. The first-order chi connectivity index (χ1) is 18.5. The molecule has 3 aromatic rings. The monoisotopic (exact) mass is 641 g/mol. The van der Waals surface area contributed by atoms with Gasteiger partial charge in [0.2, 0.25) is 0 Å². The molecule has 1 atom stereocenters. The van der Waals surface area contributed by atoms with Crippen molar-refractivity contribution in [3.8, 4) is 0 Å². The van der Waals surface area contributed by atoms with Crippen LogP contribution in [0, 0.1) is 0 Å². The van der Waals surface area contributed by atoms with Crippen molar-refractivity contribution in [2.75, 3.05) is 6.54 Å². The number of sulfonamides is 1. The van der Waals surface area contributed by atoms with Gasteiger partial charge in [-0.05, 0) is 0 Å². The van der Waals surface area contributed by atoms with Gasteiger partial charge in [-0.3, -0.25) is 0 Å². The van der Waals surface area contributed by atoms with E-state index in [1.54, 1.807) is 18.0 Å². The van der Waals surface area contributed by atoms with Gasteiger partial charge in [0.15, 0.2) is 0 Å². The summed E-state index contributed by atoms with van der Waals surface area (Å²) < 4.78 is 69.2. The summed E-state index contributed by atoms with van der Waals surface area (Å²) in [6.45, 7) is 0.269. The zero-order valence-electron chi connectivity index (χ0n) is 20.5. The van der Waals surface area contributed by atoms with Crippen molar-refractivity contribution < 1.29 is 21.6 Å². The van der Waals surface area contributed by atoms with E-state index < -0.39 is 26.7 Å². The van der Waals surface area contributed by atoms with Crippen LogP contribution in [0.25, 0.3) is 0 Å². The van der Waals surface area contributed by atoms with Crippen LogP contribution in [-0.4, -0.2) is 51.3 Å². The van der Waals surface area contributed by atoms with Gasteiger partial charge in [0.25, 0.3) is 0 Å². The van der Waals surface area contributed by atoms with E-state index in [0.29, 0.717) is 29.3 Å². The Morgan fingerprint density at radius 1 is 1.05 bits per heavy atom. The minimum absolute atomic E-state index is 0.104. The van der Waals surface area contributed by atoms with E-state index in [2.05, 4.69) is 9.39 Å². The molecular weight excluding hydrogens is 618 g/mol. The third kappa shape index (κ3) is 7.07. The molecule has 7 nitrogen and oxygen atoms in total. The Balaban J connectivity index is 1.80. The first-order valence-electron chi connectivity index (χ1n) is 11.6. The zero-order valence-corrected chi connectivity index (χ0v) is 23.8. The average molecular weight is 641 g/mol. The number of aliphatic imine (C=N–C) groups is 1. The first-order valence-corrected chi connectivity index (χ1v) is 15.9. The summed E-state index contributed by atoms with van der Waals surface area (Å²) in [5, 5.41) is 6.67. The fourth-order valence-corrected chi connectivity index (χ4v) is 5.34. The minimum atomic E-state index is -4.60. The van der Waals surface area contributed by atoms with E-state index in [1.165, 1.54) is 5.01 Å². The van der Waals surface area contributed by atoms with Crippen LogP contribution in [-0.2, 0) is 16.2 Å². The molecule has 1 aliphatic heterocycles. The van der Waals surface area contributed by atoms with Crippen molar-refractivity contribution >= 4 is 53.0 Å². The number of alkyl halides is 3. The van der Waals surface area contributed by atoms with Crippen molar-refractivity contribution in [1.82, 2.24) is 5.01 Å². The van der Waals surface area contributed by atoms with E-state index in [1.807, 2.05) is 42.5 Å². The summed E-state index contributed by atoms with van der Waals surface area (Å²) >= 11 is 5.83. The van der Waals surface area contributed by atoms with Gasteiger partial charge < -0.3 is 0 Å². The number of nitrogens with two attached hydrogens (primary N) is 1. The molecule has 0 aliphatic carbocycles. The molecule has 0 fully saturated rings. The van der Waals surface area contributed by atoms with Gasteiger partial charge in [-0.15, -0.1) is 0 Å². The van der Waals surface area contributed by atoms with Crippen molar-refractivity contribution in [3.63, 3.8) is 0 Å². The molecule has 13 heteroatoms. The van der Waals surface area contributed by atoms with Crippen LogP contribution in [0.15, 0.2) is 98.2 Å². The number of hydrazone groups is 1. The van der Waals surface area contributed by atoms with Gasteiger partial charge in [0, 0.05) is 0 Å². The summed E-state index contributed by atoms with van der Waals surface area (Å²) in [4.78, 5) is 3.82. The van der Waals surface area contributed by atoms with Crippen LogP contribution in [0.5, 0.6) is 0 Å². The molecule has 3 aromatic carbocycles. The third-order valence-electron chi connectivity index (χ3n) is 5.86. The summed E-state index contributed by atoms with van der Waals surface area (Å²) in [6.07, 6.45) is -4.05. The SMILES string of the molecule is C[Se]C(N)=NC(=NS(=O)(=O)c1ccc(C(F)(F)F)cc1)N1CCC(c2ccccc2)C(c2ccc(Cl)cc2)=N1. The van der Waals surface area contributed by atoms with Gasteiger partial charge in [0.05, 0.1) is 0 Å². The Kier molecular flexibility index (Phi) is 8.80. The number of hydrogen-bond donors (Lipinski definition) is 1. The van der Waals surface area contributed by atoms with Gasteiger partial charge in [-0.2, -0.15) is 0 Å². The number of rotatable bonds is 5. The van der Waals surface area contributed by atoms with Gasteiger partial charge in [0.1, 0.15) is 0 Å². The predicted molar refractivity (Wildman–Crippen MR) is 148 cm³/mol. The molecule has 1 aliphatic rings. The van der Waals surface area contributed by atoms with Crippen LogP contribution >= 0.6 is 11.6 Å². The van der Waals surface area contributed by atoms with Crippen molar-refractivity contribution in [1.29, 1.82) is 0 Å². The van der Waals surface area contributed by atoms with Crippen LogP contribution in [0.1, 0.15) is 29.0 Å². The summed E-state index contributed by atoms with van der Waals surface area (Å²) in [6, 6.07) is 20.0.